The van der Waals surface area contributed by atoms with Crippen molar-refractivity contribution in [3.8, 4) is 0 Å². The molecule has 0 atom stereocenters. The number of carbonyl (C=O) groups excluding carboxylic acids is 1. The Kier molecular flexibility index (Phi) is 5.91. The molecule has 3 aromatic rings. The van der Waals surface area contributed by atoms with E-state index in [1.807, 2.05) is 30.3 Å². The van der Waals surface area contributed by atoms with Crippen molar-refractivity contribution >= 4 is 15.9 Å². The third-order valence-electron chi connectivity index (χ3n) is 4.25. The SMILES string of the molecule is CN(C)S(=O)(=O)c1ccccc1CNC(=O)c1cnn(Cc2ccccc2)c1. The van der Waals surface area contributed by atoms with Gasteiger partial charge in [-0.05, 0) is 17.2 Å². The summed E-state index contributed by atoms with van der Waals surface area (Å²) in [5.74, 6) is -0.309. The molecule has 0 radical (unpaired) electrons. The third kappa shape index (κ3) is 4.47. The van der Waals surface area contributed by atoms with Crippen LogP contribution in [-0.2, 0) is 23.1 Å². The number of sulfonamides is 1. The van der Waals surface area contributed by atoms with Crippen LogP contribution in [-0.4, -0.2) is 42.5 Å². The van der Waals surface area contributed by atoms with Gasteiger partial charge in [0, 0.05) is 26.8 Å². The molecule has 2 aromatic carbocycles. The summed E-state index contributed by atoms with van der Waals surface area (Å²) in [6.07, 6.45) is 3.17. The van der Waals surface area contributed by atoms with Crippen LogP contribution in [0.2, 0.25) is 0 Å². The first-order valence-corrected chi connectivity index (χ1v) is 10.2. The van der Waals surface area contributed by atoms with Gasteiger partial charge < -0.3 is 5.32 Å². The van der Waals surface area contributed by atoms with E-state index < -0.39 is 10.0 Å². The van der Waals surface area contributed by atoms with Gasteiger partial charge in [-0.25, -0.2) is 12.7 Å². The van der Waals surface area contributed by atoms with Gasteiger partial charge in [-0.15, -0.1) is 0 Å². The average Bonchev–Trinajstić information content (AvgIpc) is 3.15. The molecule has 3 rings (SSSR count). The van der Waals surface area contributed by atoms with Crippen LogP contribution in [0.15, 0.2) is 71.9 Å². The first-order valence-electron chi connectivity index (χ1n) is 8.73. The van der Waals surface area contributed by atoms with Gasteiger partial charge in [-0.1, -0.05) is 48.5 Å². The maximum absolute atomic E-state index is 12.5. The van der Waals surface area contributed by atoms with Gasteiger partial charge in [-0.2, -0.15) is 5.10 Å². The quantitative estimate of drug-likeness (QED) is 0.661. The van der Waals surface area contributed by atoms with Crippen LogP contribution >= 0.6 is 0 Å². The van der Waals surface area contributed by atoms with Crippen LogP contribution in [0.5, 0.6) is 0 Å². The normalized spacial score (nSPS) is 11.5. The number of benzene rings is 2. The number of carbonyl (C=O) groups is 1. The van der Waals surface area contributed by atoms with E-state index in [4.69, 9.17) is 0 Å². The highest BCUT2D eigenvalue weighted by atomic mass is 32.2. The van der Waals surface area contributed by atoms with Crippen molar-refractivity contribution in [1.29, 1.82) is 0 Å². The van der Waals surface area contributed by atoms with E-state index in [1.165, 1.54) is 26.4 Å². The van der Waals surface area contributed by atoms with E-state index in [2.05, 4.69) is 10.4 Å². The zero-order valence-electron chi connectivity index (χ0n) is 15.7. The summed E-state index contributed by atoms with van der Waals surface area (Å²) in [4.78, 5) is 12.6. The topological polar surface area (TPSA) is 84.3 Å². The fourth-order valence-electron chi connectivity index (χ4n) is 2.71. The molecule has 0 aliphatic carbocycles. The summed E-state index contributed by atoms with van der Waals surface area (Å²) in [5.41, 5.74) is 2.03. The maximum atomic E-state index is 12.5. The van der Waals surface area contributed by atoms with Crippen molar-refractivity contribution in [3.63, 3.8) is 0 Å². The van der Waals surface area contributed by atoms with Crippen molar-refractivity contribution in [3.05, 3.63) is 83.7 Å². The highest BCUT2D eigenvalue weighted by molar-refractivity contribution is 7.89. The number of amides is 1. The molecule has 0 spiro atoms. The van der Waals surface area contributed by atoms with Crippen molar-refractivity contribution in [1.82, 2.24) is 19.4 Å². The van der Waals surface area contributed by atoms with E-state index in [-0.39, 0.29) is 17.3 Å². The van der Waals surface area contributed by atoms with Gasteiger partial charge in [0.1, 0.15) is 0 Å². The Labute approximate surface area is 164 Å². The predicted octanol–water partition coefficient (Wildman–Crippen LogP) is 2.11. The molecule has 0 unspecified atom stereocenters. The molecular formula is C20H22N4O3S. The minimum absolute atomic E-state index is 0.103. The van der Waals surface area contributed by atoms with Gasteiger partial charge >= 0.3 is 0 Å². The lowest BCUT2D eigenvalue weighted by molar-refractivity contribution is 0.0950. The van der Waals surface area contributed by atoms with Crippen molar-refractivity contribution in [2.24, 2.45) is 0 Å². The Morgan fingerprint density at radius 2 is 1.75 bits per heavy atom. The minimum Gasteiger partial charge on any atom is -0.348 e. The molecule has 8 heteroatoms. The summed E-state index contributed by atoms with van der Waals surface area (Å²) in [6.45, 7) is 0.671. The number of rotatable bonds is 7. The predicted molar refractivity (Wildman–Crippen MR) is 106 cm³/mol. The van der Waals surface area contributed by atoms with Gasteiger partial charge in [0.25, 0.3) is 5.91 Å². The first kappa shape index (κ1) is 19.8. The maximum Gasteiger partial charge on any atom is 0.254 e. The molecule has 7 nitrogen and oxygen atoms in total. The Balaban J connectivity index is 1.69. The molecule has 0 fully saturated rings. The van der Waals surface area contributed by atoms with E-state index in [9.17, 15) is 13.2 Å². The smallest absolute Gasteiger partial charge is 0.254 e. The summed E-state index contributed by atoms with van der Waals surface area (Å²) >= 11 is 0. The lowest BCUT2D eigenvalue weighted by Crippen LogP contribution is -2.27. The molecule has 1 aromatic heterocycles. The Morgan fingerprint density at radius 1 is 1.07 bits per heavy atom. The summed E-state index contributed by atoms with van der Waals surface area (Å²) in [5, 5.41) is 6.99. The standard InChI is InChI=1S/C20H22N4O3S/c1-23(2)28(26,27)19-11-7-6-10-17(19)12-21-20(25)18-13-22-24(15-18)14-16-8-4-3-5-9-16/h3-11,13,15H,12,14H2,1-2H3,(H,21,25). The molecule has 1 amide bonds. The van der Waals surface area contributed by atoms with Crippen LogP contribution in [0.4, 0.5) is 0 Å². The van der Waals surface area contributed by atoms with E-state index in [1.54, 1.807) is 29.1 Å². The number of nitrogens with zero attached hydrogens (tertiary/aromatic N) is 3. The van der Waals surface area contributed by atoms with E-state index in [0.717, 1.165) is 9.87 Å². The molecule has 0 aliphatic rings. The molecule has 1 heterocycles. The third-order valence-corrected chi connectivity index (χ3v) is 6.17. The molecule has 0 bridgehead atoms. The zero-order chi connectivity index (χ0) is 20.1. The number of hydrogen-bond acceptors (Lipinski definition) is 4. The Hall–Kier alpha value is -2.97. The first-order chi connectivity index (χ1) is 13.4. The number of hydrogen-bond donors (Lipinski definition) is 1. The van der Waals surface area contributed by atoms with Crippen LogP contribution in [0.3, 0.4) is 0 Å². The minimum atomic E-state index is -3.58. The molecular weight excluding hydrogens is 376 g/mol. The Morgan fingerprint density at radius 3 is 2.46 bits per heavy atom. The second kappa shape index (κ2) is 8.37. The lowest BCUT2D eigenvalue weighted by Gasteiger charge is -2.15. The molecule has 0 saturated heterocycles. The van der Waals surface area contributed by atoms with E-state index >= 15 is 0 Å². The molecule has 0 saturated carbocycles. The average molecular weight is 398 g/mol. The largest absolute Gasteiger partial charge is 0.348 e. The second-order valence-corrected chi connectivity index (χ2v) is 8.61. The number of nitrogens with one attached hydrogen (secondary N) is 1. The summed E-state index contributed by atoms with van der Waals surface area (Å²) < 4.78 is 27.7. The van der Waals surface area contributed by atoms with Gasteiger partial charge in [0.2, 0.25) is 10.0 Å². The van der Waals surface area contributed by atoms with Crippen molar-refractivity contribution < 1.29 is 13.2 Å². The van der Waals surface area contributed by atoms with Crippen LogP contribution in [0.25, 0.3) is 0 Å². The van der Waals surface area contributed by atoms with Gasteiger partial charge in [0.15, 0.2) is 0 Å². The van der Waals surface area contributed by atoms with E-state index in [0.29, 0.717) is 17.7 Å². The molecule has 28 heavy (non-hydrogen) atoms. The Bertz CT molecular complexity index is 1060. The second-order valence-electron chi connectivity index (χ2n) is 6.49. The fourth-order valence-corrected chi connectivity index (χ4v) is 3.83. The van der Waals surface area contributed by atoms with Crippen LogP contribution in [0, 0.1) is 0 Å². The monoisotopic (exact) mass is 398 g/mol. The fraction of sp³-hybridized carbons (Fsp3) is 0.200. The zero-order valence-corrected chi connectivity index (χ0v) is 16.6. The lowest BCUT2D eigenvalue weighted by atomic mass is 10.2. The highest BCUT2D eigenvalue weighted by Crippen LogP contribution is 2.18. The molecule has 0 aliphatic heterocycles. The van der Waals surface area contributed by atoms with Crippen LogP contribution in [0.1, 0.15) is 21.5 Å². The number of aromatic nitrogens is 2. The van der Waals surface area contributed by atoms with Gasteiger partial charge in [-0.3, -0.25) is 9.48 Å². The van der Waals surface area contributed by atoms with Gasteiger partial charge in [0.05, 0.1) is 23.2 Å². The van der Waals surface area contributed by atoms with Crippen molar-refractivity contribution in [2.75, 3.05) is 14.1 Å². The molecule has 1 N–H and O–H groups in total. The van der Waals surface area contributed by atoms with Crippen molar-refractivity contribution in [2.45, 2.75) is 18.0 Å². The summed E-state index contributed by atoms with van der Waals surface area (Å²) in [6, 6.07) is 16.5. The summed E-state index contributed by atoms with van der Waals surface area (Å²) in [7, 11) is -0.629. The highest BCUT2D eigenvalue weighted by Gasteiger charge is 2.21. The molecule has 146 valence electrons. The van der Waals surface area contributed by atoms with Crippen LogP contribution < -0.4 is 5.32 Å².